The normalized spacial score (nSPS) is 40.2. The smallest absolute Gasteiger partial charge is 0.0900 e. The number of rotatable bonds is 7. The van der Waals surface area contributed by atoms with Crippen molar-refractivity contribution in [3.63, 3.8) is 0 Å². The highest BCUT2D eigenvalue weighted by Gasteiger charge is 2.27. The van der Waals surface area contributed by atoms with Crippen molar-refractivity contribution < 1.29 is 9.47 Å². The molecule has 4 atom stereocenters. The van der Waals surface area contributed by atoms with E-state index < -0.39 is 0 Å². The highest BCUT2D eigenvalue weighted by atomic mass is 32.2. The first-order chi connectivity index (χ1) is 8.40. The van der Waals surface area contributed by atoms with Crippen LogP contribution in [0, 0.1) is 0 Å². The summed E-state index contributed by atoms with van der Waals surface area (Å²) in [5, 5.41) is 1.78. The summed E-state index contributed by atoms with van der Waals surface area (Å²) in [5.41, 5.74) is 0. The third-order valence-corrected chi connectivity index (χ3v) is 7.83. The monoisotopic (exact) mass is 292 g/mol. The maximum atomic E-state index is 5.26. The second-order valence-electron chi connectivity index (χ2n) is 4.94. The summed E-state index contributed by atoms with van der Waals surface area (Å²) in [4.78, 5) is 0. The second kappa shape index (κ2) is 6.42. The third-order valence-electron chi connectivity index (χ3n) is 3.26. The Morgan fingerprint density at radius 1 is 1.00 bits per heavy atom. The quantitative estimate of drug-likeness (QED) is 0.672. The zero-order valence-electron chi connectivity index (χ0n) is 10.0. The van der Waals surface area contributed by atoms with Crippen LogP contribution in [0.2, 0.25) is 0 Å². The van der Waals surface area contributed by atoms with E-state index in [0.717, 1.165) is 23.7 Å². The Labute approximate surface area is 116 Å². The predicted octanol–water partition coefficient (Wildman–Crippen LogP) is 2.51. The molecular formula is C12H20O2S3. The van der Waals surface area contributed by atoms with Gasteiger partial charge < -0.3 is 9.47 Å². The number of hydrogen-bond donors (Lipinski definition) is 0. The second-order valence-corrected chi connectivity index (χ2v) is 8.68. The molecule has 0 aliphatic carbocycles. The van der Waals surface area contributed by atoms with Crippen LogP contribution in [0.4, 0.5) is 0 Å². The van der Waals surface area contributed by atoms with E-state index in [1.54, 1.807) is 0 Å². The molecule has 0 spiro atoms. The number of hydrogen-bond acceptors (Lipinski definition) is 5. The van der Waals surface area contributed by atoms with E-state index in [2.05, 4.69) is 35.3 Å². The topological polar surface area (TPSA) is 25.1 Å². The first-order valence-electron chi connectivity index (χ1n) is 6.44. The molecule has 3 heterocycles. The van der Waals surface area contributed by atoms with E-state index in [0.29, 0.717) is 12.2 Å². The molecule has 4 unspecified atom stereocenters. The van der Waals surface area contributed by atoms with Gasteiger partial charge in [0.05, 0.1) is 25.4 Å². The van der Waals surface area contributed by atoms with Gasteiger partial charge in [0.25, 0.3) is 0 Å². The van der Waals surface area contributed by atoms with Gasteiger partial charge in [-0.15, -0.1) is 0 Å². The molecule has 0 amide bonds. The van der Waals surface area contributed by atoms with Gasteiger partial charge in [0.15, 0.2) is 0 Å². The Morgan fingerprint density at radius 2 is 1.76 bits per heavy atom. The third kappa shape index (κ3) is 4.86. The minimum absolute atomic E-state index is 0.593. The molecule has 17 heavy (non-hydrogen) atoms. The van der Waals surface area contributed by atoms with Crippen molar-refractivity contribution in [3.05, 3.63) is 0 Å². The molecule has 0 N–H and O–H groups in total. The van der Waals surface area contributed by atoms with Crippen LogP contribution < -0.4 is 0 Å². The first kappa shape index (κ1) is 13.0. The van der Waals surface area contributed by atoms with Crippen molar-refractivity contribution in [2.45, 2.75) is 35.5 Å². The van der Waals surface area contributed by atoms with Gasteiger partial charge in [0.2, 0.25) is 0 Å². The van der Waals surface area contributed by atoms with Gasteiger partial charge in [-0.1, -0.05) is 0 Å². The summed E-state index contributed by atoms with van der Waals surface area (Å²) < 4.78 is 10.5. The molecule has 0 aromatic carbocycles. The Kier molecular flexibility index (Phi) is 4.90. The zero-order chi connectivity index (χ0) is 11.5. The summed E-state index contributed by atoms with van der Waals surface area (Å²) >= 11 is 6.42. The first-order valence-corrected chi connectivity index (χ1v) is 9.69. The van der Waals surface area contributed by atoms with E-state index in [1.165, 1.54) is 35.9 Å². The maximum Gasteiger partial charge on any atom is 0.0900 e. The molecule has 0 bridgehead atoms. The maximum absolute atomic E-state index is 5.26. The van der Waals surface area contributed by atoms with Crippen LogP contribution in [-0.2, 0) is 9.47 Å². The van der Waals surface area contributed by atoms with Crippen molar-refractivity contribution in [1.82, 2.24) is 0 Å². The molecule has 3 saturated heterocycles. The van der Waals surface area contributed by atoms with Gasteiger partial charge in [-0.3, -0.25) is 0 Å². The Hall–Kier alpha value is 0.970. The Bertz CT molecular complexity index is 236. The molecule has 0 radical (unpaired) electrons. The molecule has 5 heteroatoms. The highest BCUT2D eigenvalue weighted by Crippen LogP contribution is 2.35. The number of ether oxygens (including phenoxy) is 2. The van der Waals surface area contributed by atoms with Crippen LogP contribution in [0.1, 0.15) is 12.8 Å². The zero-order valence-corrected chi connectivity index (χ0v) is 12.5. The van der Waals surface area contributed by atoms with Crippen molar-refractivity contribution >= 4 is 35.3 Å². The van der Waals surface area contributed by atoms with E-state index in [-0.39, 0.29) is 0 Å². The molecule has 0 aromatic rings. The van der Waals surface area contributed by atoms with Gasteiger partial charge >= 0.3 is 0 Å². The van der Waals surface area contributed by atoms with Crippen LogP contribution in [0.15, 0.2) is 0 Å². The minimum atomic E-state index is 0.593. The SMILES string of the molecule is C1OC1CSCC1CCC(SCC2CO2)CS1. The van der Waals surface area contributed by atoms with Gasteiger partial charge in [-0.05, 0) is 12.8 Å². The van der Waals surface area contributed by atoms with Crippen LogP contribution in [0.5, 0.6) is 0 Å². The van der Waals surface area contributed by atoms with Gasteiger partial charge in [-0.2, -0.15) is 35.3 Å². The molecule has 0 saturated carbocycles. The van der Waals surface area contributed by atoms with Crippen molar-refractivity contribution in [2.75, 3.05) is 36.2 Å². The average Bonchev–Trinajstić information content (AvgIpc) is 3.23. The van der Waals surface area contributed by atoms with Gasteiger partial charge in [-0.25, -0.2) is 0 Å². The van der Waals surface area contributed by atoms with Crippen molar-refractivity contribution in [3.8, 4) is 0 Å². The lowest BCUT2D eigenvalue weighted by Gasteiger charge is -2.27. The van der Waals surface area contributed by atoms with Gasteiger partial charge in [0, 0.05) is 33.5 Å². The molecule has 3 fully saturated rings. The molecule has 0 aromatic heterocycles. The lowest BCUT2D eigenvalue weighted by Crippen LogP contribution is -2.22. The van der Waals surface area contributed by atoms with E-state index in [9.17, 15) is 0 Å². The largest absolute Gasteiger partial charge is 0.372 e. The Morgan fingerprint density at radius 3 is 2.41 bits per heavy atom. The van der Waals surface area contributed by atoms with Crippen LogP contribution in [0.3, 0.4) is 0 Å². The molecule has 3 aliphatic rings. The van der Waals surface area contributed by atoms with E-state index in [4.69, 9.17) is 9.47 Å². The lowest BCUT2D eigenvalue weighted by molar-refractivity contribution is 0.426. The summed E-state index contributed by atoms with van der Waals surface area (Å²) in [6, 6.07) is 0. The van der Waals surface area contributed by atoms with Gasteiger partial charge in [0.1, 0.15) is 0 Å². The number of thioether (sulfide) groups is 3. The molecule has 98 valence electrons. The molecular weight excluding hydrogens is 272 g/mol. The minimum Gasteiger partial charge on any atom is -0.372 e. The summed E-state index contributed by atoms with van der Waals surface area (Å²) in [7, 11) is 0. The predicted molar refractivity (Wildman–Crippen MR) is 78.5 cm³/mol. The van der Waals surface area contributed by atoms with E-state index >= 15 is 0 Å². The summed E-state index contributed by atoms with van der Waals surface area (Å²) in [6.07, 6.45) is 4.01. The lowest BCUT2D eigenvalue weighted by atomic mass is 10.2. The number of epoxide rings is 2. The van der Waals surface area contributed by atoms with Crippen molar-refractivity contribution in [1.29, 1.82) is 0 Å². The fourth-order valence-electron chi connectivity index (χ4n) is 1.95. The average molecular weight is 292 g/mol. The van der Waals surface area contributed by atoms with E-state index in [1.807, 2.05) is 0 Å². The van der Waals surface area contributed by atoms with Crippen LogP contribution >= 0.6 is 35.3 Å². The standard InChI is InChI=1S/C12H20O2S3/c1-2-12(16-6-10-4-14-10)8-17-11(1)7-15-5-9-3-13-9/h9-12H,1-8H2. The Balaban J connectivity index is 1.24. The molecule has 3 aliphatic heterocycles. The van der Waals surface area contributed by atoms with Crippen molar-refractivity contribution in [2.24, 2.45) is 0 Å². The molecule has 3 rings (SSSR count). The summed E-state index contributed by atoms with van der Waals surface area (Å²) in [5.74, 6) is 5.12. The van der Waals surface area contributed by atoms with Crippen LogP contribution in [0.25, 0.3) is 0 Å². The fraction of sp³-hybridized carbons (Fsp3) is 1.00. The summed E-state index contributed by atoms with van der Waals surface area (Å²) in [6.45, 7) is 2.02. The molecule has 2 nitrogen and oxygen atoms in total. The fourth-order valence-corrected chi connectivity index (χ4v) is 6.20. The highest BCUT2D eigenvalue weighted by molar-refractivity contribution is 8.05. The van der Waals surface area contributed by atoms with Crippen LogP contribution in [-0.4, -0.2) is 58.9 Å².